The van der Waals surface area contributed by atoms with E-state index in [1.165, 1.54) is 12.1 Å². The van der Waals surface area contributed by atoms with E-state index in [1.807, 2.05) is 37.3 Å². The molecule has 0 spiro atoms. The monoisotopic (exact) mass is 471 g/mol. The van der Waals surface area contributed by atoms with E-state index in [4.69, 9.17) is 4.74 Å². The maximum Gasteiger partial charge on any atom is 0.328 e. The van der Waals surface area contributed by atoms with Crippen molar-refractivity contribution < 1.29 is 14.3 Å². The van der Waals surface area contributed by atoms with Crippen LogP contribution in [0.2, 0.25) is 0 Å². The SMILES string of the molecule is Cc1c(C#N)c(NC(=O)COC(=O)Cn2[nH]c(=O)c3ccccc3c2=O)n(-c2ccccc2)c1C. The van der Waals surface area contributed by atoms with E-state index in [0.717, 1.165) is 16.1 Å². The van der Waals surface area contributed by atoms with E-state index in [9.17, 15) is 24.4 Å². The Morgan fingerprint density at radius 2 is 1.69 bits per heavy atom. The number of rotatable bonds is 6. The van der Waals surface area contributed by atoms with E-state index in [2.05, 4.69) is 16.5 Å². The van der Waals surface area contributed by atoms with Crippen LogP contribution in [0.15, 0.2) is 64.2 Å². The molecule has 0 saturated carbocycles. The first kappa shape index (κ1) is 23.3. The van der Waals surface area contributed by atoms with Gasteiger partial charge in [0.25, 0.3) is 17.0 Å². The van der Waals surface area contributed by atoms with Gasteiger partial charge in [0.05, 0.1) is 16.3 Å². The number of aromatic nitrogens is 3. The van der Waals surface area contributed by atoms with Crippen LogP contribution in [0.4, 0.5) is 5.82 Å². The van der Waals surface area contributed by atoms with Crippen molar-refractivity contribution in [3.63, 3.8) is 0 Å². The highest BCUT2D eigenvalue weighted by Gasteiger charge is 2.21. The molecule has 0 radical (unpaired) electrons. The largest absolute Gasteiger partial charge is 0.454 e. The molecule has 0 saturated heterocycles. The lowest BCUT2D eigenvalue weighted by Gasteiger charge is -2.13. The van der Waals surface area contributed by atoms with Gasteiger partial charge in [-0.15, -0.1) is 0 Å². The number of amides is 1. The van der Waals surface area contributed by atoms with Gasteiger partial charge in [-0.05, 0) is 43.7 Å². The Morgan fingerprint density at radius 1 is 1.03 bits per heavy atom. The second kappa shape index (κ2) is 9.52. The van der Waals surface area contributed by atoms with E-state index < -0.39 is 36.1 Å². The van der Waals surface area contributed by atoms with Gasteiger partial charge < -0.3 is 10.1 Å². The molecule has 0 atom stereocenters. The van der Waals surface area contributed by atoms with Crippen molar-refractivity contribution in [2.45, 2.75) is 20.4 Å². The maximum atomic E-state index is 12.6. The number of benzene rings is 2. The Morgan fingerprint density at radius 3 is 2.37 bits per heavy atom. The second-order valence-corrected chi connectivity index (χ2v) is 7.80. The minimum atomic E-state index is -0.889. The molecule has 2 aromatic carbocycles. The predicted octanol–water partition coefficient (Wildman–Crippen LogP) is 2.15. The molecule has 4 aromatic rings. The molecule has 10 nitrogen and oxygen atoms in total. The zero-order valence-corrected chi connectivity index (χ0v) is 19.0. The van der Waals surface area contributed by atoms with E-state index in [0.29, 0.717) is 11.1 Å². The van der Waals surface area contributed by atoms with Gasteiger partial charge in [-0.3, -0.25) is 28.8 Å². The summed E-state index contributed by atoms with van der Waals surface area (Å²) in [6.07, 6.45) is 0. The van der Waals surface area contributed by atoms with Gasteiger partial charge in [0.2, 0.25) is 0 Å². The summed E-state index contributed by atoms with van der Waals surface area (Å²) >= 11 is 0. The van der Waals surface area contributed by atoms with Crippen molar-refractivity contribution in [1.29, 1.82) is 5.26 Å². The lowest BCUT2D eigenvalue weighted by molar-refractivity contribution is -0.148. The van der Waals surface area contributed by atoms with Crippen molar-refractivity contribution in [3.05, 3.63) is 92.1 Å². The molecular formula is C25H21N5O5. The van der Waals surface area contributed by atoms with Gasteiger partial charge in [-0.1, -0.05) is 30.3 Å². The van der Waals surface area contributed by atoms with Gasteiger partial charge >= 0.3 is 5.97 Å². The van der Waals surface area contributed by atoms with Crippen molar-refractivity contribution in [2.24, 2.45) is 0 Å². The lowest BCUT2D eigenvalue weighted by Crippen LogP contribution is -2.33. The fraction of sp³-hybridized carbons (Fsp3) is 0.160. The lowest BCUT2D eigenvalue weighted by atomic mass is 10.2. The highest BCUT2D eigenvalue weighted by atomic mass is 16.5. The summed E-state index contributed by atoms with van der Waals surface area (Å²) < 4.78 is 7.60. The average Bonchev–Trinajstić information content (AvgIpc) is 3.10. The van der Waals surface area contributed by atoms with Gasteiger partial charge in [0, 0.05) is 11.4 Å². The average molecular weight is 471 g/mol. The molecule has 4 rings (SSSR count). The van der Waals surface area contributed by atoms with Crippen LogP contribution in [0.1, 0.15) is 16.8 Å². The zero-order chi connectivity index (χ0) is 25.1. The normalized spacial score (nSPS) is 10.7. The number of fused-ring (bicyclic) bond motifs is 1. The smallest absolute Gasteiger partial charge is 0.328 e. The molecule has 0 bridgehead atoms. The summed E-state index contributed by atoms with van der Waals surface area (Å²) in [5.41, 5.74) is 1.45. The Labute approximate surface area is 199 Å². The number of H-pyrrole nitrogens is 1. The molecule has 35 heavy (non-hydrogen) atoms. The molecule has 10 heteroatoms. The fourth-order valence-corrected chi connectivity index (χ4v) is 3.81. The molecule has 2 heterocycles. The molecule has 2 N–H and O–H groups in total. The van der Waals surface area contributed by atoms with Crippen molar-refractivity contribution in [2.75, 3.05) is 11.9 Å². The van der Waals surface area contributed by atoms with Crippen LogP contribution in [-0.2, 0) is 20.9 Å². The summed E-state index contributed by atoms with van der Waals surface area (Å²) in [7, 11) is 0. The highest BCUT2D eigenvalue weighted by Crippen LogP contribution is 2.29. The number of carbonyl (C=O) groups excluding carboxylic acids is 2. The topological polar surface area (TPSA) is 139 Å². The number of ether oxygens (including phenoxy) is 1. The Bertz CT molecular complexity index is 1610. The highest BCUT2D eigenvalue weighted by molar-refractivity contribution is 5.94. The van der Waals surface area contributed by atoms with E-state index >= 15 is 0 Å². The Kier molecular flexibility index (Phi) is 6.33. The van der Waals surface area contributed by atoms with Crippen molar-refractivity contribution >= 4 is 28.5 Å². The van der Waals surface area contributed by atoms with Crippen LogP contribution < -0.4 is 16.4 Å². The van der Waals surface area contributed by atoms with Gasteiger partial charge in [-0.2, -0.15) is 5.26 Å². The van der Waals surface area contributed by atoms with Crippen LogP contribution in [0, 0.1) is 25.2 Å². The number of carbonyl (C=O) groups is 2. The van der Waals surface area contributed by atoms with E-state index in [-0.39, 0.29) is 16.6 Å². The standard InChI is InChI=1S/C25H21N5O5/c1-15-16(2)30(17-8-4-3-5-9-17)23(20(15)12-26)27-21(31)14-35-22(32)13-29-25(34)19-11-7-6-10-18(19)24(33)28-29/h3-11H,13-14H2,1-2H3,(H,27,31)(H,28,33). The number of anilines is 1. The zero-order valence-electron chi connectivity index (χ0n) is 19.0. The van der Waals surface area contributed by atoms with Crippen LogP contribution >= 0.6 is 0 Å². The first-order chi connectivity index (χ1) is 16.8. The summed E-state index contributed by atoms with van der Waals surface area (Å²) in [5, 5.41) is 15.0. The van der Waals surface area contributed by atoms with Crippen LogP contribution in [0.3, 0.4) is 0 Å². The third-order valence-corrected chi connectivity index (χ3v) is 5.63. The van der Waals surface area contributed by atoms with Crippen molar-refractivity contribution in [3.8, 4) is 11.8 Å². The third kappa shape index (κ3) is 4.47. The number of nitrogens with zero attached hydrogens (tertiary/aromatic N) is 3. The molecule has 176 valence electrons. The van der Waals surface area contributed by atoms with Gasteiger partial charge in [-0.25, -0.2) is 4.68 Å². The van der Waals surface area contributed by atoms with Crippen LogP contribution in [0.5, 0.6) is 0 Å². The number of esters is 1. The van der Waals surface area contributed by atoms with Crippen molar-refractivity contribution in [1.82, 2.24) is 14.3 Å². The van der Waals surface area contributed by atoms with Crippen LogP contribution in [-0.4, -0.2) is 32.8 Å². The van der Waals surface area contributed by atoms with E-state index in [1.54, 1.807) is 23.6 Å². The summed E-state index contributed by atoms with van der Waals surface area (Å²) in [6.45, 7) is 2.40. The predicted molar refractivity (Wildman–Crippen MR) is 128 cm³/mol. The maximum absolute atomic E-state index is 12.6. The number of hydrogen-bond donors (Lipinski definition) is 2. The number of nitriles is 1. The minimum Gasteiger partial charge on any atom is -0.454 e. The summed E-state index contributed by atoms with van der Waals surface area (Å²) in [4.78, 5) is 49.6. The molecule has 0 aliphatic heterocycles. The van der Waals surface area contributed by atoms with Gasteiger partial charge in [0.1, 0.15) is 18.4 Å². The molecule has 0 fully saturated rings. The first-order valence-corrected chi connectivity index (χ1v) is 10.7. The molecule has 0 unspecified atom stereocenters. The minimum absolute atomic E-state index is 0.165. The number of hydrogen-bond acceptors (Lipinski definition) is 6. The Hall–Kier alpha value is -4.91. The molecule has 0 aliphatic rings. The number of para-hydroxylation sites is 1. The summed E-state index contributed by atoms with van der Waals surface area (Å²) in [6, 6.07) is 17.5. The molecular weight excluding hydrogens is 450 g/mol. The number of aromatic amines is 1. The first-order valence-electron chi connectivity index (χ1n) is 10.7. The van der Waals surface area contributed by atoms with Crippen LogP contribution in [0.25, 0.3) is 16.5 Å². The molecule has 1 amide bonds. The molecule has 2 aromatic heterocycles. The summed E-state index contributed by atoms with van der Waals surface area (Å²) in [5.74, 6) is -1.28. The number of nitrogens with one attached hydrogen (secondary N) is 2. The van der Waals surface area contributed by atoms with Gasteiger partial charge in [0.15, 0.2) is 6.61 Å². The Balaban J connectivity index is 1.50. The molecule has 0 aliphatic carbocycles. The fourth-order valence-electron chi connectivity index (χ4n) is 3.81. The third-order valence-electron chi connectivity index (χ3n) is 5.63. The quantitative estimate of drug-likeness (QED) is 0.413. The second-order valence-electron chi connectivity index (χ2n) is 7.80.